The van der Waals surface area contributed by atoms with Crippen molar-refractivity contribution in [3.8, 4) is 0 Å². The van der Waals surface area contributed by atoms with Gasteiger partial charge in [-0.25, -0.2) is 13.2 Å². The summed E-state index contributed by atoms with van der Waals surface area (Å²) >= 11 is 0. The Kier molecular flexibility index (Phi) is 4.82. The topological polar surface area (TPSA) is 72.5 Å². The zero-order valence-electron chi connectivity index (χ0n) is 12.4. The van der Waals surface area contributed by atoms with Gasteiger partial charge in [-0.2, -0.15) is 0 Å². The molecule has 0 amide bonds. The van der Waals surface area contributed by atoms with Crippen molar-refractivity contribution in [3.63, 3.8) is 0 Å². The van der Waals surface area contributed by atoms with Gasteiger partial charge in [-0.1, -0.05) is 25.1 Å². The summed E-state index contributed by atoms with van der Waals surface area (Å²) in [4.78, 5) is 11.6. The highest BCUT2D eigenvalue weighted by Gasteiger charge is 2.15. The fourth-order valence-electron chi connectivity index (χ4n) is 1.95. The van der Waals surface area contributed by atoms with E-state index in [0.29, 0.717) is 5.69 Å². The van der Waals surface area contributed by atoms with Crippen molar-refractivity contribution in [2.24, 2.45) is 0 Å². The van der Waals surface area contributed by atoms with Crippen molar-refractivity contribution in [2.75, 3.05) is 11.8 Å². The van der Waals surface area contributed by atoms with Gasteiger partial charge in [-0.05, 0) is 42.3 Å². The van der Waals surface area contributed by atoms with Gasteiger partial charge in [-0.15, -0.1) is 0 Å². The summed E-state index contributed by atoms with van der Waals surface area (Å²) in [5.41, 5.74) is 1.65. The van der Waals surface area contributed by atoms with Crippen LogP contribution in [-0.2, 0) is 21.2 Å². The Labute approximate surface area is 130 Å². The number of esters is 1. The van der Waals surface area contributed by atoms with E-state index in [9.17, 15) is 13.2 Å². The number of benzene rings is 2. The van der Waals surface area contributed by atoms with Crippen molar-refractivity contribution in [2.45, 2.75) is 18.2 Å². The first-order chi connectivity index (χ1) is 10.5. The second kappa shape index (κ2) is 6.62. The maximum Gasteiger partial charge on any atom is 0.337 e. The van der Waals surface area contributed by atoms with E-state index in [0.717, 1.165) is 12.0 Å². The third-order valence-electron chi connectivity index (χ3n) is 3.18. The van der Waals surface area contributed by atoms with E-state index >= 15 is 0 Å². The van der Waals surface area contributed by atoms with Crippen LogP contribution in [0.15, 0.2) is 53.4 Å². The van der Waals surface area contributed by atoms with Crippen molar-refractivity contribution in [1.82, 2.24) is 0 Å². The number of carbonyl (C=O) groups is 1. The quantitative estimate of drug-likeness (QED) is 0.860. The minimum atomic E-state index is -3.69. The molecule has 0 bridgehead atoms. The van der Waals surface area contributed by atoms with Crippen LogP contribution in [0.3, 0.4) is 0 Å². The second-order valence-electron chi connectivity index (χ2n) is 4.68. The van der Waals surface area contributed by atoms with Crippen molar-refractivity contribution >= 4 is 21.7 Å². The molecule has 0 aliphatic carbocycles. The maximum atomic E-state index is 12.3. The molecule has 2 aromatic rings. The predicted octanol–water partition coefficient (Wildman–Crippen LogP) is 2.84. The average molecular weight is 319 g/mol. The lowest BCUT2D eigenvalue weighted by Crippen LogP contribution is -2.13. The molecule has 0 aliphatic heterocycles. The molecule has 0 unspecified atom stereocenters. The SMILES string of the molecule is CCc1ccc(S(=O)(=O)Nc2cccc(C(=O)OC)c2)cc1. The molecular weight excluding hydrogens is 302 g/mol. The molecule has 2 aromatic carbocycles. The fraction of sp³-hybridized carbons (Fsp3) is 0.188. The van der Waals surface area contributed by atoms with Crippen molar-refractivity contribution < 1.29 is 17.9 Å². The molecule has 0 saturated heterocycles. The highest BCUT2D eigenvalue weighted by Crippen LogP contribution is 2.18. The summed E-state index contributed by atoms with van der Waals surface area (Å²) in [6, 6.07) is 12.8. The number of methoxy groups -OCH3 is 1. The summed E-state index contributed by atoms with van der Waals surface area (Å²) in [6.45, 7) is 2.00. The molecule has 0 radical (unpaired) electrons. The second-order valence-corrected chi connectivity index (χ2v) is 6.36. The fourth-order valence-corrected chi connectivity index (χ4v) is 3.00. The summed E-state index contributed by atoms with van der Waals surface area (Å²) < 4.78 is 31.7. The lowest BCUT2D eigenvalue weighted by molar-refractivity contribution is 0.0601. The van der Waals surface area contributed by atoms with Crippen molar-refractivity contribution in [1.29, 1.82) is 0 Å². The largest absolute Gasteiger partial charge is 0.465 e. The predicted molar refractivity (Wildman–Crippen MR) is 84.4 cm³/mol. The summed E-state index contributed by atoms with van der Waals surface area (Å²) in [5.74, 6) is -0.520. The number of hydrogen-bond acceptors (Lipinski definition) is 4. The van der Waals surface area contributed by atoms with Crippen LogP contribution in [-0.4, -0.2) is 21.5 Å². The minimum Gasteiger partial charge on any atom is -0.465 e. The van der Waals surface area contributed by atoms with Gasteiger partial charge < -0.3 is 4.74 Å². The lowest BCUT2D eigenvalue weighted by Gasteiger charge is -2.09. The number of anilines is 1. The number of aryl methyl sites for hydroxylation is 1. The van der Waals surface area contributed by atoms with Gasteiger partial charge >= 0.3 is 5.97 Å². The first kappa shape index (κ1) is 16.0. The summed E-state index contributed by atoms with van der Waals surface area (Å²) in [5, 5.41) is 0. The van der Waals surface area contributed by atoms with Crippen LogP contribution in [0.2, 0.25) is 0 Å². The first-order valence-corrected chi connectivity index (χ1v) is 8.24. The smallest absolute Gasteiger partial charge is 0.337 e. The van der Waals surface area contributed by atoms with E-state index in [1.54, 1.807) is 42.5 Å². The number of nitrogens with one attached hydrogen (secondary N) is 1. The van der Waals surface area contributed by atoms with E-state index in [1.807, 2.05) is 6.92 Å². The molecule has 116 valence electrons. The summed E-state index contributed by atoms with van der Waals surface area (Å²) in [6.07, 6.45) is 0.842. The van der Waals surface area contributed by atoms with E-state index in [-0.39, 0.29) is 10.5 Å². The van der Waals surface area contributed by atoms with Gasteiger partial charge in [0.1, 0.15) is 0 Å². The van der Waals surface area contributed by atoms with Crippen LogP contribution >= 0.6 is 0 Å². The van der Waals surface area contributed by atoms with Crippen LogP contribution in [0.5, 0.6) is 0 Å². The zero-order chi connectivity index (χ0) is 16.2. The van der Waals surface area contributed by atoms with Gasteiger partial charge in [-0.3, -0.25) is 4.72 Å². The minimum absolute atomic E-state index is 0.174. The van der Waals surface area contributed by atoms with Crippen LogP contribution < -0.4 is 4.72 Å². The summed E-state index contributed by atoms with van der Waals surface area (Å²) in [7, 11) is -2.42. The van der Waals surface area contributed by atoms with E-state index in [4.69, 9.17) is 0 Å². The Balaban J connectivity index is 2.26. The molecular formula is C16H17NO4S. The van der Waals surface area contributed by atoms with Crippen LogP contribution in [0.4, 0.5) is 5.69 Å². The molecule has 2 rings (SSSR count). The molecule has 6 heteroatoms. The number of sulfonamides is 1. The Hall–Kier alpha value is -2.34. The number of rotatable bonds is 5. The standard InChI is InChI=1S/C16H17NO4S/c1-3-12-7-9-15(10-8-12)22(19,20)17-14-6-4-5-13(11-14)16(18)21-2/h4-11,17H,3H2,1-2H3. The number of ether oxygens (including phenoxy) is 1. The van der Waals surface area contributed by atoms with Gasteiger partial charge in [0.25, 0.3) is 10.0 Å². The third kappa shape index (κ3) is 3.65. The molecule has 0 saturated carbocycles. The normalized spacial score (nSPS) is 11.0. The number of hydrogen-bond donors (Lipinski definition) is 1. The van der Waals surface area contributed by atoms with E-state index in [1.165, 1.54) is 13.2 Å². The Morgan fingerprint density at radius 2 is 1.82 bits per heavy atom. The highest BCUT2D eigenvalue weighted by molar-refractivity contribution is 7.92. The zero-order valence-corrected chi connectivity index (χ0v) is 13.2. The van der Waals surface area contributed by atoms with E-state index in [2.05, 4.69) is 9.46 Å². The molecule has 0 aromatic heterocycles. The molecule has 0 spiro atoms. The first-order valence-electron chi connectivity index (χ1n) is 6.76. The molecule has 1 N–H and O–H groups in total. The monoisotopic (exact) mass is 319 g/mol. The molecule has 22 heavy (non-hydrogen) atoms. The van der Waals surface area contributed by atoms with Crippen LogP contribution in [0.1, 0.15) is 22.8 Å². The Morgan fingerprint density at radius 1 is 1.14 bits per heavy atom. The molecule has 0 fully saturated rings. The van der Waals surface area contributed by atoms with Crippen LogP contribution in [0.25, 0.3) is 0 Å². The lowest BCUT2D eigenvalue weighted by atomic mass is 10.2. The van der Waals surface area contributed by atoms with Crippen molar-refractivity contribution in [3.05, 3.63) is 59.7 Å². The molecule has 0 heterocycles. The average Bonchev–Trinajstić information content (AvgIpc) is 2.54. The molecule has 0 atom stereocenters. The number of carbonyl (C=O) groups excluding carboxylic acids is 1. The van der Waals surface area contributed by atoms with Gasteiger partial charge in [0.2, 0.25) is 0 Å². The van der Waals surface area contributed by atoms with E-state index < -0.39 is 16.0 Å². The van der Waals surface area contributed by atoms with Gasteiger partial charge in [0.05, 0.1) is 17.6 Å². The highest BCUT2D eigenvalue weighted by atomic mass is 32.2. The Morgan fingerprint density at radius 3 is 2.41 bits per heavy atom. The van der Waals surface area contributed by atoms with Gasteiger partial charge in [0.15, 0.2) is 0 Å². The van der Waals surface area contributed by atoms with Gasteiger partial charge in [0, 0.05) is 5.69 Å². The molecule has 5 nitrogen and oxygen atoms in total. The Bertz CT molecular complexity index is 767. The van der Waals surface area contributed by atoms with Crippen LogP contribution in [0, 0.1) is 0 Å². The maximum absolute atomic E-state index is 12.3. The third-order valence-corrected chi connectivity index (χ3v) is 4.57. The molecule has 0 aliphatic rings.